The fraction of sp³-hybridized carbons (Fsp3) is 0. The van der Waals surface area contributed by atoms with E-state index in [-0.39, 0.29) is 0 Å². The average molecular weight is 764 g/mol. The Hall–Kier alpha value is -7.94. The van der Waals surface area contributed by atoms with Gasteiger partial charge in [-0.15, -0.1) is 0 Å². The highest BCUT2D eigenvalue weighted by Crippen LogP contribution is 2.41. The molecule has 0 aliphatic carbocycles. The first-order chi connectivity index (χ1) is 29.7. The van der Waals surface area contributed by atoms with Crippen molar-refractivity contribution in [2.24, 2.45) is 0 Å². The number of nitrogens with zero attached hydrogens (tertiary/aromatic N) is 1. The summed E-state index contributed by atoms with van der Waals surface area (Å²) in [7, 11) is 0. The second-order valence-electron chi connectivity index (χ2n) is 15.7. The van der Waals surface area contributed by atoms with Crippen molar-refractivity contribution in [3.05, 3.63) is 224 Å². The molecule has 0 radical (unpaired) electrons. The predicted octanol–water partition coefficient (Wildman–Crippen LogP) is 16.7. The molecule has 280 valence electrons. The van der Waals surface area contributed by atoms with Gasteiger partial charge in [-0.05, 0) is 126 Å². The first-order valence-corrected chi connectivity index (χ1v) is 20.6. The van der Waals surface area contributed by atoms with Gasteiger partial charge in [-0.1, -0.05) is 170 Å². The third-order valence-electron chi connectivity index (χ3n) is 12.2. The van der Waals surface area contributed by atoms with Gasteiger partial charge in [-0.2, -0.15) is 0 Å². The van der Waals surface area contributed by atoms with E-state index >= 15 is 0 Å². The minimum absolute atomic E-state index is 0.893. The maximum atomic E-state index is 6.50. The second-order valence-corrected chi connectivity index (χ2v) is 15.7. The highest BCUT2D eigenvalue weighted by Gasteiger charge is 2.17. The van der Waals surface area contributed by atoms with E-state index in [2.05, 4.69) is 223 Å². The van der Waals surface area contributed by atoms with Crippen molar-refractivity contribution in [3.63, 3.8) is 0 Å². The van der Waals surface area contributed by atoms with Gasteiger partial charge in [-0.3, -0.25) is 0 Å². The van der Waals surface area contributed by atoms with Crippen molar-refractivity contribution in [3.8, 4) is 33.4 Å². The second kappa shape index (κ2) is 13.9. The predicted molar refractivity (Wildman–Crippen MR) is 255 cm³/mol. The zero-order valence-corrected chi connectivity index (χ0v) is 32.7. The number of para-hydroxylation sites is 1. The van der Waals surface area contributed by atoms with Gasteiger partial charge < -0.3 is 9.32 Å². The molecule has 0 bridgehead atoms. The zero-order chi connectivity index (χ0) is 39.6. The van der Waals surface area contributed by atoms with Crippen LogP contribution in [-0.4, -0.2) is 0 Å². The minimum Gasteiger partial charge on any atom is -0.455 e. The first kappa shape index (κ1) is 34.1. The molecule has 2 heteroatoms. The number of furan rings is 1. The lowest BCUT2D eigenvalue weighted by atomic mass is 9.97. The maximum absolute atomic E-state index is 6.50. The standard InChI is InChI=1S/C58H37NO/c1-2-9-40(10-3-1)54-15-8-16-55-56-37-44(26-34-57(56)60-58(54)55)39-23-29-48(30-24-39)59(49-31-33-53-46(36-49)20-18-42-12-5-7-14-51(42)53)47-27-21-38(22-28-47)43-25-32-52-45(35-43)19-17-41-11-4-6-13-50(41)52/h1-37H. The summed E-state index contributed by atoms with van der Waals surface area (Å²) in [5.41, 5.74) is 12.1. The van der Waals surface area contributed by atoms with Gasteiger partial charge in [0.15, 0.2) is 0 Å². The Morgan fingerprint density at radius 1 is 0.267 bits per heavy atom. The smallest absolute Gasteiger partial charge is 0.143 e. The van der Waals surface area contributed by atoms with Gasteiger partial charge in [0.1, 0.15) is 11.2 Å². The lowest BCUT2D eigenvalue weighted by Gasteiger charge is -2.26. The lowest BCUT2D eigenvalue weighted by molar-refractivity contribution is 0.670. The number of hydrogen-bond acceptors (Lipinski definition) is 2. The van der Waals surface area contributed by atoms with Gasteiger partial charge in [0, 0.05) is 33.4 Å². The van der Waals surface area contributed by atoms with E-state index in [1.165, 1.54) is 54.2 Å². The van der Waals surface area contributed by atoms with E-state index < -0.39 is 0 Å². The van der Waals surface area contributed by atoms with Crippen LogP contribution in [0.15, 0.2) is 229 Å². The van der Waals surface area contributed by atoms with E-state index in [9.17, 15) is 0 Å². The van der Waals surface area contributed by atoms with Crippen LogP contribution in [0.25, 0.3) is 98.4 Å². The topological polar surface area (TPSA) is 16.4 Å². The maximum Gasteiger partial charge on any atom is 0.143 e. The Labute approximate surface area is 347 Å². The molecule has 0 saturated heterocycles. The van der Waals surface area contributed by atoms with E-state index in [4.69, 9.17) is 4.42 Å². The van der Waals surface area contributed by atoms with Gasteiger partial charge >= 0.3 is 0 Å². The molecule has 12 aromatic rings. The molecule has 11 aromatic carbocycles. The van der Waals surface area contributed by atoms with Crippen LogP contribution in [0.4, 0.5) is 17.1 Å². The van der Waals surface area contributed by atoms with Crippen LogP contribution in [-0.2, 0) is 0 Å². The number of rotatable bonds is 6. The molecule has 0 atom stereocenters. The van der Waals surface area contributed by atoms with E-state index in [0.717, 1.165) is 61.3 Å². The van der Waals surface area contributed by atoms with Crippen LogP contribution in [0.2, 0.25) is 0 Å². The molecule has 60 heavy (non-hydrogen) atoms. The van der Waals surface area contributed by atoms with Gasteiger partial charge in [0.05, 0.1) is 0 Å². The first-order valence-electron chi connectivity index (χ1n) is 20.6. The Balaban J connectivity index is 0.932. The molecular formula is C58H37NO. The summed E-state index contributed by atoms with van der Waals surface area (Å²) >= 11 is 0. The number of anilines is 3. The molecule has 0 saturated carbocycles. The van der Waals surface area contributed by atoms with E-state index in [1.54, 1.807) is 0 Å². The van der Waals surface area contributed by atoms with Crippen molar-refractivity contribution in [1.82, 2.24) is 0 Å². The highest BCUT2D eigenvalue weighted by molar-refractivity contribution is 6.12. The number of benzene rings is 11. The highest BCUT2D eigenvalue weighted by atomic mass is 16.3. The molecule has 1 heterocycles. The Bertz CT molecular complexity index is 3580. The fourth-order valence-corrected chi connectivity index (χ4v) is 9.21. The lowest BCUT2D eigenvalue weighted by Crippen LogP contribution is -2.09. The molecule has 0 unspecified atom stereocenters. The summed E-state index contributed by atoms with van der Waals surface area (Å²) in [6.45, 7) is 0. The van der Waals surface area contributed by atoms with Crippen molar-refractivity contribution >= 4 is 82.1 Å². The van der Waals surface area contributed by atoms with Crippen LogP contribution in [0, 0.1) is 0 Å². The fourth-order valence-electron chi connectivity index (χ4n) is 9.21. The summed E-state index contributed by atoms with van der Waals surface area (Å²) in [6.07, 6.45) is 0. The summed E-state index contributed by atoms with van der Waals surface area (Å²) < 4.78 is 6.50. The molecule has 0 spiro atoms. The summed E-state index contributed by atoms with van der Waals surface area (Å²) in [5, 5.41) is 12.3. The summed E-state index contributed by atoms with van der Waals surface area (Å²) in [6, 6.07) is 81.3. The summed E-state index contributed by atoms with van der Waals surface area (Å²) in [5.74, 6) is 0. The van der Waals surface area contributed by atoms with Crippen LogP contribution < -0.4 is 4.90 Å². The molecule has 0 N–H and O–H groups in total. The largest absolute Gasteiger partial charge is 0.455 e. The van der Waals surface area contributed by atoms with Crippen LogP contribution in [0.3, 0.4) is 0 Å². The van der Waals surface area contributed by atoms with Crippen molar-refractivity contribution in [2.45, 2.75) is 0 Å². The molecule has 0 amide bonds. The number of hydrogen-bond donors (Lipinski definition) is 0. The van der Waals surface area contributed by atoms with E-state index in [1.807, 2.05) is 6.07 Å². The molecule has 1 aromatic heterocycles. The average Bonchev–Trinajstić information content (AvgIpc) is 3.70. The number of fused-ring (bicyclic) bond motifs is 9. The molecule has 2 nitrogen and oxygen atoms in total. The van der Waals surface area contributed by atoms with Gasteiger partial charge in [0.2, 0.25) is 0 Å². The van der Waals surface area contributed by atoms with Crippen LogP contribution >= 0.6 is 0 Å². The Morgan fingerprint density at radius 2 is 0.767 bits per heavy atom. The Kier molecular flexibility index (Phi) is 7.89. The molecule has 0 fully saturated rings. The van der Waals surface area contributed by atoms with E-state index in [0.29, 0.717) is 0 Å². The van der Waals surface area contributed by atoms with Crippen molar-refractivity contribution in [2.75, 3.05) is 4.90 Å². The third-order valence-corrected chi connectivity index (χ3v) is 12.2. The molecular weight excluding hydrogens is 727 g/mol. The minimum atomic E-state index is 0.893. The summed E-state index contributed by atoms with van der Waals surface area (Å²) in [4.78, 5) is 2.37. The van der Waals surface area contributed by atoms with Crippen LogP contribution in [0.5, 0.6) is 0 Å². The quantitative estimate of drug-likeness (QED) is 0.157. The third kappa shape index (κ3) is 5.73. The normalized spacial score (nSPS) is 11.7. The van der Waals surface area contributed by atoms with Crippen molar-refractivity contribution in [1.29, 1.82) is 0 Å². The molecule has 0 aliphatic heterocycles. The van der Waals surface area contributed by atoms with Crippen LogP contribution in [0.1, 0.15) is 0 Å². The Morgan fingerprint density at radius 3 is 1.45 bits per heavy atom. The zero-order valence-electron chi connectivity index (χ0n) is 32.7. The SMILES string of the molecule is c1ccc(-c2cccc3c2oc2ccc(-c4ccc(N(c5ccc(-c6ccc7c(ccc8ccccc87)c6)cc5)c5ccc6c(ccc7ccccc76)c5)cc4)cc23)cc1. The molecule has 0 aliphatic rings. The van der Waals surface area contributed by atoms with Gasteiger partial charge in [0.25, 0.3) is 0 Å². The van der Waals surface area contributed by atoms with Gasteiger partial charge in [-0.25, -0.2) is 0 Å². The van der Waals surface area contributed by atoms with Crippen molar-refractivity contribution < 1.29 is 4.42 Å². The monoisotopic (exact) mass is 763 g/mol. The molecule has 12 rings (SSSR count).